The predicted octanol–water partition coefficient (Wildman–Crippen LogP) is 2.06. The van der Waals surface area contributed by atoms with Gasteiger partial charge in [-0.2, -0.15) is 5.26 Å². The molecule has 0 N–H and O–H groups in total. The quantitative estimate of drug-likeness (QED) is 0.557. The van der Waals surface area contributed by atoms with Crippen molar-refractivity contribution >= 4 is 5.69 Å². The van der Waals surface area contributed by atoms with Gasteiger partial charge in [0.15, 0.2) is 6.19 Å². The lowest BCUT2D eigenvalue weighted by Gasteiger charge is -2.16. The minimum atomic E-state index is 0.193. The molecule has 1 spiro atoms. The van der Waals surface area contributed by atoms with Crippen molar-refractivity contribution in [2.24, 2.45) is 0 Å². The zero-order chi connectivity index (χ0) is 8.89. The summed E-state index contributed by atoms with van der Waals surface area (Å²) in [5.41, 5.74) is 2.65. The Balaban J connectivity index is 2.15. The Morgan fingerprint density at radius 1 is 1.31 bits per heavy atom. The Hall–Kier alpha value is -1.49. The number of rotatable bonds is 0. The van der Waals surface area contributed by atoms with Gasteiger partial charge in [-0.3, -0.25) is 4.90 Å². The highest BCUT2D eigenvalue weighted by atomic mass is 15.2. The lowest BCUT2D eigenvalue weighted by Crippen LogP contribution is -2.28. The first kappa shape index (κ1) is 6.97. The Morgan fingerprint density at radius 3 is 2.77 bits per heavy atom. The Kier molecular flexibility index (Phi) is 1.10. The van der Waals surface area contributed by atoms with Crippen LogP contribution in [0.1, 0.15) is 18.4 Å². The van der Waals surface area contributed by atoms with E-state index in [1.165, 1.54) is 18.4 Å². The molecule has 1 aliphatic heterocycles. The maximum absolute atomic E-state index is 9.06. The summed E-state index contributed by atoms with van der Waals surface area (Å²) in [6, 6.07) is 8.23. The lowest BCUT2D eigenvalue weighted by atomic mass is 10.1. The molecular weight excluding hydrogens is 160 g/mol. The minimum absolute atomic E-state index is 0.193. The first-order chi connectivity index (χ1) is 6.36. The number of fused-ring (bicyclic) bond motifs is 1. The van der Waals surface area contributed by atoms with Gasteiger partial charge in [-0.15, -0.1) is 0 Å². The molecule has 0 atom stereocenters. The van der Waals surface area contributed by atoms with Crippen LogP contribution in [-0.2, 0) is 6.42 Å². The first-order valence-electron chi connectivity index (χ1n) is 4.64. The molecule has 2 nitrogen and oxygen atoms in total. The van der Waals surface area contributed by atoms with Crippen LogP contribution >= 0.6 is 0 Å². The number of benzene rings is 1. The fourth-order valence-corrected chi connectivity index (χ4v) is 2.27. The summed E-state index contributed by atoms with van der Waals surface area (Å²) >= 11 is 0. The van der Waals surface area contributed by atoms with Gasteiger partial charge in [0.05, 0.1) is 11.2 Å². The molecule has 0 amide bonds. The van der Waals surface area contributed by atoms with Gasteiger partial charge in [0.25, 0.3) is 0 Å². The predicted molar refractivity (Wildman–Crippen MR) is 50.2 cm³/mol. The molecule has 0 unspecified atom stereocenters. The van der Waals surface area contributed by atoms with Crippen LogP contribution in [0.4, 0.5) is 5.69 Å². The highest BCUT2D eigenvalue weighted by Gasteiger charge is 2.53. The van der Waals surface area contributed by atoms with Gasteiger partial charge in [-0.25, -0.2) is 0 Å². The first-order valence-corrected chi connectivity index (χ1v) is 4.64. The van der Waals surface area contributed by atoms with Crippen LogP contribution in [0.2, 0.25) is 0 Å². The van der Waals surface area contributed by atoms with Gasteiger partial charge >= 0.3 is 0 Å². The second kappa shape index (κ2) is 2.05. The van der Waals surface area contributed by atoms with E-state index < -0.39 is 0 Å². The van der Waals surface area contributed by atoms with Crippen molar-refractivity contribution in [2.45, 2.75) is 24.8 Å². The van der Waals surface area contributed by atoms with Crippen LogP contribution < -0.4 is 4.90 Å². The molecule has 0 aromatic heterocycles. The largest absolute Gasteiger partial charge is 0.273 e. The van der Waals surface area contributed by atoms with E-state index in [9.17, 15) is 0 Å². The highest BCUT2D eigenvalue weighted by molar-refractivity contribution is 5.66. The van der Waals surface area contributed by atoms with E-state index in [0.717, 1.165) is 12.1 Å². The minimum Gasteiger partial charge on any atom is -0.273 e. The van der Waals surface area contributed by atoms with Crippen LogP contribution in [0.5, 0.6) is 0 Å². The lowest BCUT2D eigenvalue weighted by molar-refractivity contribution is 0.694. The van der Waals surface area contributed by atoms with E-state index in [4.69, 9.17) is 5.26 Å². The molecule has 1 aromatic carbocycles. The molecule has 0 radical (unpaired) electrons. The molecule has 1 heterocycles. The number of hydrogen-bond acceptors (Lipinski definition) is 2. The number of nitrogens with zero attached hydrogens (tertiary/aromatic N) is 2. The number of anilines is 1. The topological polar surface area (TPSA) is 27.0 Å². The van der Waals surface area contributed by atoms with Gasteiger partial charge in [-0.1, -0.05) is 18.2 Å². The smallest absolute Gasteiger partial charge is 0.184 e. The van der Waals surface area contributed by atoms with E-state index in [-0.39, 0.29) is 5.54 Å². The van der Waals surface area contributed by atoms with Crippen LogP contribution in [0, 0.1) is 11.5 Å². The molecule has 1 fully saturated rings. The summed E-state index contributed by atoms with van der Waals surface area (Å²) in [5.74, 6) is 0. The van der Waals surface area contributed by atoms with Crippen molar-refractivity contribution < 1.29 is 0 Å². The van der Waals surface area contributed by atoms with Crippen molar-refractivity contribution in [3.05, 3.63) is 29.8 Å². The molecule has 2 heteroatoms. The fraction of sp³-hybridized carbons (Fsp3) is 0.364. The second-order valence-electron chi connectivity index (χ2n) is 3.97. The summed E-state index contributed by atoms with van der Waals surface area (Å²) < 4.78 is 0. The number of para-hydroxylation sites is 1. The van der Waals surface area contributed by atoms with Crippen LogP contribution in [-0.4, -0.2) is 5.54 Å². The van der Waals surface area contributed by atoms with Crippen LogP contribution in [0.3, 0.4) is 0 Å². The normalized spacial score (nSPS) is 21.3. The summed E-state index contributed by atoms with van der Waals surface area (Å²) in [7, 11) is 0. The summed E-state index contributed by atoms with van der Waals surface area (Å²) in [4.78, 5) is 1.91. The average molecular weight is 170 g/mol. The molecule has 64 valence electrons. The van der Waals surface area contributed by atoms with Crippen molar-refractivity contribution in [3.63, 3.8) is 0 Å². The van der Waals surface area contributed by atoms with Crippen molar-refractivity contribution in [3.8, 4) is 6.19 Å². The van der Waals surface area contributed by atoms with E-state index in [1.54, 1.807) is 0 Å². The van der Waals surface area contributed by atoms with Gasteiger partial charge < -0.3 is 0 Å². The molecule has 13 heavy (non-hydrogen) atoms. The van der Waals surface area contributed by atoms with Gasteiger partial charge in [-0.05, 0) is 30.9 Å². The Morgan fingerprint density at radius 2 is 2.08 bits per heavy atom. The summed E-state index contributed by atoms with van der Waals surface area (Å²) in [6.45, 7) is 0. The fourth-order valence-electron chi connectivity index (χ4n) is 2.27. The monoisotopic (exact) mass is 170 g/mol. The van der Waals surface area contributed by atoms with Gasteiger partial charge in [0, 0.05) is 0 Å². The molecule has 1 saturated carbocycles. The van der Waals surface area contributed by atoms with Gasteiger partial charge in [0.1, 0.15) is 0 Å². The summed E-state index contributed by atoms with van der Waals surface area (Å²) in [6.07, 6.45) is 5.72. The van der Waals surface area contributed by atoms with Crippen LogP contribution in [0.15, 0.2) is 24.3 Å². The average Bonchev–Trinajstić information content (AvgIpc) is 2.83. The van der Waals surface area contributed by atoms with Crippen LogP contribution in [0.25, 0.3) is 0 Å². The van der Waals surface area contributed by atoms with Gasteiger partial charge in [0.2, 0.25) is 0 Å². The molecule has 3 rings (SSSR count). The Bertz CT molecular complexity index is 399. The maximum Gasteiger partial charge on any atom is 0.184 e. The molecule has 0 bridgehead atoms. The summed E-state index contributed by atoms with van der Waals surface area (Å²) in [5, 5.41) is 9.06. The molecule has 1 aliphatic carbocycles. The van der Waals surface area contributed by atoms with E-state index in [1.807, 2.05) is 17.0 Å². The third-order valence-electron chi connectivity index (χ3n) is 3.15. The highest BCUT2D eigenvalue weighted by Crippen LogP contribution is 2.52. The maximum atomic E-state index is 9.06. The zero-order valence-corrected chi connectivity index (χ0v) is 7.33. The SMILES string of the molecule is N#CN1c2ccccc2CC12CC2. The third-order valence-corrected chi connectivity index (χ3v) is 3.15. The number of hydrogen-bond donors (Lipinski definition) is 0. The number of nitriles is 1. The Labute approximate surface area is 77.4 Å². The zero-order valence-electron chi connectivity index (χ0n) is 7.33. The molecule has 2 aliphatic rings. The standard InChI is InChI=1S/C11H10N2/c12-8-13-10-4-2-1-3-9(10)7-11(13)5-6-11/h1-4H,5-7H2. The van der Waals surface area contributed by atoms with Crippen molar-refractivity contribution in [1.82, 2.24) is 0 Å². The van der Waals surface area contributed by atoms with Crippen molar-refractivity contribution in [2.75, 3.05) is 4.90 Å². The van der Waals surface area contributed by atoms with E-state index >= 15 is 0 Å². The molecule has 0 saturated heterocycles. The third kappa shape index (κ3) is 0.767. The van der Waals surface area contributed by atoms with Crippen molar-refractivity contribution in [1.29, 1.82) is 5.26 Å². The van der Waals surface area contributed by atoms with E-state index in [0.29, 0.717) is 0 Å². The van der Waals surface area contributed by atoms with E-state index in [2.05, 4.69) is 18.3 Å². The molecule has 1 aromatic rings. The molecular formula is C11H10N2. The second-order valence-corrected chi connectivity index (χ2v) is 3.97.